The number of hydrogen-bond acceptors (Lipinski definition) is 1. The largest absolute Gasteiger partial charge is 0.481 e. The predicted molar refractivity (Wildman–Crippen MR) is 49.5 cm³/mol. The van der Waals surface area contributed by atoms with E-state index >= 15 is 0 Å². The van der Waals surface area contributed by atoms with Crippen molar-refractivity contribution < 1.29 is 9.90 Å². The summed E-state index contributed by atoms with van der Waals surface area (Å²) in [6, 6.07) is 10.1. The summed E-state index contributed by atoms with van der Waals surface area (Å²) in [7, 11) is 0. The van der Waals surface area contributed by atoms with Gasteiger partial charge in [0.1, 0.15) is 0 Å². The van der Waals surface area contributed by atoms with Gasteiger partial charge in [-0.1, -0.05) is 30.3 Å². The summed E-state index contributed by atoms with van der Waals surface area (Å²) in [6.45, 7) is 0. The first-order chi connectivity index (χ1) is 6.27. The molecule has 1 aromatic carbocycles. The molecule has 0 saturated heterocycles. The molecule has 13 heavy (non-hydrogen) atoms. The summed E-state index contributed by atoms with van der Waals surface area (Å²) in [4.78, 5) is 10.4. The topological polar surface area (TPSA) is 37.3 Å². The Bertz CT molecular complexity index is 305. The molecular weight excluding hydrogens is 164 g/mol. The molecule has 1 aliphatic carbocycles. The molecule has 68 valence electrons. The van der Waals surface area contributed by atoms with Gasteiger partial charge < -0.3 is 5.11 Å². The first-order valence-electron chi connectivity index (χ1n) is 4.54. The SMILES string of the molecule is O=C(O)C[C@H]1C[C@@H]1c1ccccc1. The Morgan fingerprint density at radius 2 is 2.08 bits per heavy atom. The molecule has 0 spiro atoms. The fourth-order valence-electron chi connectivity index (χ4n) is 1.81. The van der Waals surface area contributed by atoms with Crippen molar-refractivity contribution in [2.45, 2.75) is 18.8 Å². The fraction of sp³-hybridized carbons (Fsp3) is 0.364. The van der Waals surface area contributed by atoms with Crippen molar-refractivity contribution in [1.29, 1.82) is 0 Å². The number of aliphatic carboxylic acids is 1. The van der Waals surface area contributed by atoms with E-state index < -0.39 is 5.97 Å². The third-order valence-corrected chi connectivity index (χ3v) is 2.59. The lowest BCUT2D eigenvalue weighted by atomic mass is 10.1. The highest BCUT2D eigenvalue weighted by atomic mass is 16.4. The van der Waals surface area contributed by atoms with E-state index in [-0.39, 0.29) is 0 Å². The van der Waals surface area contributed by atoms with E-state index in [2.05, 4.69) is 12.1 Å². The Morgan fingerprint density at radius 3 is 2.69 bits per heavy atom. The predicted octanol–water partition coefficient (Wildman–Crippen LogP) is 2.26. The van der Waals surface area contributed by atoms with Crippen molar-refractivity contribution in [3.63, 3.8) is 0 Å². The van der Waals surface area contributed by atoms with Crippen molar-refractivity contribution in [2.24, 2.45) is 5.92 Å². The maximum atomic E-state index is 10.4. The lowest BCUT2D eigenvalue weighted by Crippen LogP contribution is -1.96. The highest BCUT2D eigenvalue weighted by Gasteiger charge is 2.39. The van der Waals surface area contributed by atoms with E-state index in [1.165, 1.54) is 5.56 Å². The average Bonchev–Trinajstić information content (AvgIpc) is 2.84. The zero-order valence-electron chi connectivity index (χ0n) is 7.31. The highest BCUT2D eigenvalue weighted by Crippen LogP contribution is 2.49. The van der Waals surface area contributed by atoms with Crippen LogP contribution in [-0.4, -0.2) is 11.1 Å². The van der Waals surface area contributed by atoms with Crippen LogP contribution in [0.3, 0.4) is 0 Å². The standard InChI is InChI=1S/C11H12O2/c12-11(13)7-9-6-10(9)8-4-2-1-3-5-8/h1-5,9-10H,6-7H2,(H,12,13)/t9-,10-/m1/s1. The number of hydrogen-bond donors (Lipinski definition) is 1. The minimum absolute atomic E-state index is 0.319. The molecule has 2 nitrogen and oxygen atoms in total. The number of carboxylic acid groups (broad SMARTS) is 1. The molecule has 0 amide bonds. The van der Waals surface area contributed by atoms with Gasteiger partial charge >= 0.3 is 5.97 Å². The zero-order chi connectivity index (χ0) is 9.26. The third-order valence-electron chi connectivity index (χ3n) is 2.59. The van der Waals surface area contributed by atoms with E-state index in [4.69, 9.17) is 5.11 Å². The number of carbonyl (C=O) groups is 1. The minimum atomic E-state index is -0.677. The number of rotatable bonds is 3. The highest BCUT2D eigenvalue weighted by molar-refractivity contribution is 5.67. The van der Waals surface area contributed by atoms with E-state index in [0.717, 1.165) is 6.42 Å². The van der Waals surface area contributed by atoms with Crippen LogP contribution in [0.1, 0.15) is 24.3 Å². The molecule has 1 aliphatic rings. The first-order valence-corrected chi connectivity index (χ1v) is 4.54. The van der Waals surface area contributed by atoms with Crippen LogP contribution >= 0.6 is 0 Å². The second-order valence-electron chi connectivity index (χ2n) is 3.61. The smallest absolute Gasteiger partial charge is 0.303 e. The van der Waals surface area contributed by atoms with Gasteiger partial charge in [0.05, 0.1) is 0 Å². The monoisotopic (exact) mass is 176 g/mol. The van der Waals surface area contributed by atoms with Gasteiger partial charge in [-0.2, -0.15) is 0 Å². The molecule has 0 aromatic heterocycles. The maximum Gasteiger partial charge on any atom is 0.303 e. The van der Waals surface area contributed by atoms with Crippen LogP contribution in [0.5, 0.6) is 0 Å². The molecule has 1 saturated carbocycles. The Kier molecular flexibility index (Phi) is 2.05. The van der Waals surface area contributed by atoms with Crippen molar-refractivity contribution in [2.75, 3.05) is 0 Å². The lowest BCUT2D eigenvalue weighted by Gasteiger charge is -1.97. The summed E-state index contributed by atoms with van der Waals surface area (Å²) < 4.78 is 0. The van der Waals surface area contributed by atoms with Gasteiger partial charge in [-0.15, -0.1) is 0 Å². The van der Waals surface area contributed by atoms with Gasteiger partial charge in [-0.05, 0) is 23.8 Å². The van der Waals surface area contributed by atoms with Crippen LogP contribution < -0.4 is 0 Å². The van der Waals surface area contributed by atoms with Crippen molar-refractivity contribution in [3.05, 3.63) is 35.9 Å². The Labute approximate surface area is 77.2 Å². The van der Waals surface area contributed by atoms with Crippen LogP contribution in [0, 0.1) is 5.92 Å². The van der Waals surface area contributed by atoms with Crippen molar-refractivity contribution >= 4 is 5.97 Å². The summed E-state index contributed by atoms with van der Waals surface area (Å²) in [5.41, 5.74) is 1.29. The molecule has 2 atom stereocenters. The molecule has 0 bridgehead atoms. The Hall–Kier alpha value is -1.31. The summed E-state index contributed by atoms with van der Waals surface area (Å²) in [5, 5.41) is 8.59. The van der Waals surface area contributed by atoms with Gasteiger partial charge in [-0.25, -0.2) is 0 Å². The van der Waals surface area contributed by atoms with Gasteiger partial charge in [-0.3, -0.25) is 4.79 Å². The fourth-order valence-corrected chi connectivity index (χ4v) is 1.81. The van der Waals surface area contributed by atoms with Gasteiger partial charge in [0.25, 0.3) is 0 Å². The summed E-state index contributed by atoms with van der Waals surface area (Å²) in [5.74, 6) is 0.195. The minimum Gasteiger partial charge on any atom is -0.481 e. The normalized spacial score (nSPS) is 25.5. The first kappa shape index (κ1) is 8.30. The van der Waals surface area contributed by atoms with E-state index in [0.29, 0.717) is 18.3 Å². The van der Waals surface area contributed by atoms with Gasteiger partial charge in [0.15, 0.2) is 0 Å². The molecule has 0 heterocycles. The van der Waals surface area contributed by atoms with Crippen molar-refractivity contribution in [1.82, 2.24) is 0 Å². The second kappa shape index (κ2) is 3.21. The molecule has 1 N–H and O–H groups in total. The molecule has 1 aromatic rings. The zero-order valence-corrected chi connectivity index (χ0v) is 7.31. The molecule has 0 radical (unpaired) electrons. The van der Waals surface area contributed by atoms with E-state index in [1.54, 1.807) is 0 Å². The average molecular weight is 176 g/mol. The number of carboxylic acids is 1. The van der Waals surface area contributed by atoms with Crippen LogP contribution in [-0.2, 0) is 4.79 Å². The van der Waals surface area contributed by atoms with Crippen LogP contribution in [0.2, 0.25) is 0 Å². The molecular formula is C11H12O2. The molecule has 1 fully saturated rings. The van der Waals surface area contributed by atoms with Gasteiger partial charge in [0.2, 0.25) is 0 Å². The third kappa shape index (κ3) is 1.89. The van der Waals surface area contributed by atoms with E-state index in [9.17, 15) is 4.79 Å². The maximum absolute atomic E-state index is 10.4. The van der Waals surface area contributed by atoms with E-state index in [1.807, 2.05) is 18.2 Å². The summed E-state index contributed by atoms with van der Waals surface area (Å²) >= 11 is 0. The van der Waals surface area contributed by atoms with Crippen LogP contribution in [0.25, 0.3) is 0 Å². The molecule has 0 aliphatic heterocycles. The molecule has 2 rings (SSSR count). The van der Waals surface area contributed by atoms with Crippen molar-refractivity contribution in [3.8, 4) is 0 Å². The Morgan fingerprint density at radius 1 is 1.38 bits per heavy atom. The number of benzene rings is 1. The van der Waals surface area contributed by atoms with Gasteiger partial charge in [0, 0.05) is 6.42 Å². The van der Waals surface area contributed by atoms with Crippen LogP contribution in [0.4, 0.5) is 0 Å². The Balaban J connectivity index is 1.97. The molecule has 0 unspecified atom stereocenters. The second-order valence-corrected chi connectivity index (χ2v) is 3.61. The summed E-state index contributed by atoms with van der Waals surface area (Å²) in [6.07, 6.45) is 1.36. The van der Waals surface area contributed by atoms with Crippen LogP contribution in [0.15, 0.2) is 30.3 Å². The quantitative estimate of drug-likeness (QED) is 0.767. The lowest BCUT2D eigenvalue weighted by molar-refractivity contribution is -0.137. The molecule has 2 heteroatoms.